The van der Waals surface area contributed by atoms with E-state index in [1.807, 2.05) is 18.2 Å². The fourth-order valence-corrected chi connectivity index (χ4v) is 3.04. The third-order valence-corrected chi connectivity index (χ3v) is 4.45. The number of morpholine rings is 1. The Morgan fingerprint density at radius 3 is 3.00 bits per heavy atom. The Balaban J connectivity index is 1.90. The quantitative estimate of drug-likeness (QED) is 0.582. The van der Waals surface area contributed by atoms with Gasteiger partial charge in [-0.2, -0.15) is 0 Å². The molecule has 1 aromatic rings. The highest BCUT2D eigenvalue weighted by Gasteiger charge is 2.23. The molecule has 0 radical (unpaired) electrons. The first kappa shape index (κ1) is 19.5. The number of hydrogen-bond acceptors (Lipinski definition) is 4. The van der Waals surface area contributed by atoms with Crippen molar-refractivity contribution in [1.82, 2.24) is 15.5 Å². The van der Waals surface area contributed by atoms with Gasteiger partial charge in [-0.1, -0.05) is 12.1 Å². The monoisotopic (exact) mass is 348 g/mol. The molecule has 140 valence electrons. The van der Waals surface area contributed by atoms with Crippen LogP contribution in [0.25, 0.3) is 0 Å². The summed E-state index contributed by atoms with van der Waals surface area (Å²) in [5.74, 6) is 1.71. The smallest absolute Gasteiger partial charge is 0.191 e. The van der Waals surface area contributed by atoms with Crippen molar-refractivity contribution in [2.45, 2.75) is 39.4 Å². The first-order valence-electron chi connectivity index (χ1n) is 9.12. The molecule has 0 bridgehead atoms. The molecule has 0 aliphatic carbocycles. The molecule has 6 nitrogen and oxygen atoms in total. The van der Waals surface area contributed by atoms with Crippen LogP contribution < -0.4 is 15.4 Å². The summed E-state index contributed by atoms with van der Waals surface area (Å²) in [5.41, 5.74) is 1.13. The summed E-state index contributed by atoms with van der Waals surface area (Å²) in [4.78, 5) is 7.18. The van der Waals surface area contributed by atoms with Crippen molar-refractivity contribution < 1.29 is 9.47 Å². The highest BCUT2D eigenvalue weighted by molar-refractivity contribution is 5.79. The summed E-state index contributed by atoms with van der Waals surface area (Å²) < 4.78 is 10.8. The molecule has 1 saturated heterocycles. The van der Waals surface area contributed by atoms with Gasteiger partial charge in [-0.3, -0.25) is 4.90 Å². The van der Waals surface area contributed by atoms with Gasteiger partial charge in [-0.25, -0.2) is 4.99 Å². The molecule has 6 heteroatoms. The van der Waals surface area contributed by atoms with Crippen LogP contribution in [0.3, 0.4) is 0 Å². The van der Waals surface area contributed by atoms with Crippen molar-refractivity contribution in [2.24, 2.45) is 4.99 Å². The molecule has 25 heavy (non-hydrogen) atoms. The van der Waals surface area contributed by atoms with Crippen LogP contribution in [0.4, 0.5) is 0 Å². The van der Waals surface area contributed by atoms with E-state index >= 15 is 0 Å². The topological polar surface area (TPSA) is 58.1 Å². The molecule has 0 amide bonds. The first-order chi connectivity index (χ1) is 12.1. The van der Waals surface area contributed by atoms with Gasteiger partial charge in [0.15, 0.2) is 5.96 Å². The molecule has 0 aromatic heterocycles. The van der Waals surface area contributed by atoms with Gasteiger partial charge >= 0.3 is 0 Å². The van der Waals surface area contributed by atoms with Crippen LogP contribution in [0.2, 0.25) is 0 Å². The van der Waals surface area contributed by atoms with Crippen molar-refractivity contribution >= 4 is 5.96 Å². The molecule has 0 spiro atoms. The van der Waals surface area contributed by atoms with Crippen LogP contribution >= 0.6 is 0 Å². The number of hydrogen-bond donors (Lipinski definition) is 2. The highest BCUT2D eigenvalue weighted by Crippen LogP contribution is 2.13. The predicted molar refractivity (Wildman–Crippen MR) is 102 cm³/mol. The molecule has 1 aliphatic rings. The van der Waals surface area contributed by atoms with Gasteiger partial charge in [-0.05, 0) is 38.5 Å². The van der Waals surface area contributed by atoms with Gasteiger partial charge in [0, 0.05) is 31.7 Å². The minimum absolute atomic E-state index is 0.430. The minimum atomic E-state index is 0.430. The highest BCUT2D eigenvalue weighted by atomic mass is 16.5. The lowest BCUT2D eigenvalue weighted by Crippen LogP contribution is -2.53. The van der Waals surface area contributed by atoms with Gasteiger partial charge in [0.05, 0.1) is 26.9 Å². The molecule has 2 N–H and O–H groups in total. The van der Waals surface area contributed by atoms with Crippen molar-refractivity contribution in [3.63, 3.8) is 0 Å². The molecule has 1 fully saturated rings. The van der Waals surface area contributed by atoms with Gasteiger partial charge in [0.2, 0.25) is 0 Å². The Bertz CT molecular complexity index is 550. The largest absolute Gasteiger partial charge is 0.497 e. The zero-order chi connectivity index (χ0) is 18.1. The first-order valence-corrected chi connectivity index (χ1v) is 9.12. The fraction of sp³-hybridized carbons (Fsp3) is 0.632. The molecule has 2 unspecified atom stereocenters. The van der Waals surface area contributed by atoms with E-state index < -0.39 is 0 Å². The van der Waals surface area contributed by atoms with E-state index in [0.29, 0.717) is 18.6 Å². The van der Waals surface area contributed by atoms with Crippen LogP contribution in [0, 0.1) is 0 Å². The van der Waals surface area contributed by atoms with Crippen molar-refractivity contribution in [1.29, 1.82) is 0 Å². The maximum atomic E-state index is 5.52. The molecule has 2 atom stereocenters. The van der Waals surface area contributed by atoms with E-state index in [1.54, 1.807) is 7.11 Å². The van der Waals surface area contributed by atoms with E-state index in [4.69, 9.17) is 14.5 Å². The summed E-state index contributed by atoms with van der Waals surface area (Å²) in [6.45, 7) is 11.5. The van der Waals surface area contributed by atoms with E-state index in [9.17, 15) is 0 Å². The zero-order valence-electron chi connectivity index (χ0n) is 15.9. The van der Waals surface area contributed by atoms with E-state index in [0.717, 1.165) is 50.1 Å². The van der Waals surface area contributed by atoms with Crippen LogP contribution in [-0.2, 0) is 11.3 Å². The number of aliphatic imine (C=N–C) groups is 1. The van der Waals surface area contributed by atoms with Crippen molar-refractivity contribution in [3.05, 3.63) is 29.8 Å². The van der Waals surface area contributed by atoms with E-state index in [2.05, 4.69) is 42.4 Å². The van der Waals surface area contributed by atoms with Gasteiger partial charge in [0.25, 0.3) is 0 Å². The SMILES string of the molecule is CCNC(=NCc1cccc(OC)c1)NCC(C)N1CCOCC1C. The minimum Gasteiger partial charge on any atom is -0.497 e. The Kier molecular flexibility index (Phi) is 8.01. The van der Waals surface area contributed by atoms with Crippen LogP contribution in [-0.4, -0.2) is 62.9 Å². The second-order valence-corrected chi connectivity index (χ2v) is 6.44. The Hall–Kier alpha value is -1.79. The lowest BCUT2D eigenvalue weighted by atomic mass is 10.2. The Morgan fingerprint density at radius 2 is 2.28 bits per heavy atom. The number of nitrogens with one attached hydrogen (secondary N) is 2. The molecule has 1 heterocycles. The van der Waals surface area contributed by atoms with Crippen LogP contribution in [0.1, 0.15) is 26.3 Å². The number of rotatable bonds is 7. The second-order valence-electron chi connectivity index (χ2n) is 6.44. The summed E-state index contributed by atoms with van der Waals surface area (Å²) in [7, 11) is 1.68. The maximum absolute atomic E-state index is 5.52. The van der Waals surface area contributed by atoms with E-state index in [-0.39, 0.29) is 0 Å². The molecule has 2 rings (SSSR count). The van der Waals surface area contributed by atoms with Crippen molar-refractivity contribution in [2.75, 3.05) is 40.0 Å². The fourth-order valence-electron chi connectivity index (χ4n) is 3.04. The summed E-state index contributed by atoms with van der Waals surface area (Å²) >= 11 is 0. The molecule has 1 aromatic carbocycles. The number of nitrogens with zero attached hydrogens (tertiary/aromatic N) is 2. The predicted octanol–water partition coefficient (Wildman–Crippen LogP) is 1.86. The molecular formula is C19H32N4O2. The Morgan fingerprint density at radius 1 is 1.44 bits per heavy atom. The lowest BCUT2D eigenvalue weighted by Gasteiger charge is -2.38. The lowest BCUT2D eigenvalue weighted by molar-refractivity contribution is -0.0174. The average molecular weight is 348 g/mol. The third kappa shape index (κ3) is 6.21. The summed E-state index contributed by atoms with van der Waals surface area (Å²) in [6.07, 6.45) is 0. The summed E-state index contributed by atoms with van der Waals surface area (Å²) in [6, 6.07) is 8.91. The Labute approximate surface area is 151 Å². The number of benzene rings is 1. The van der Waals surface area contributed by atoms with Gasteiger partial charge < -0.3 is 20.1 Å². The van der Waals surface area contributed by atoms with Crippen molar-refractivity contribution in [3.8, 4) is 5.75 Å². The van der Waals surface area contributed by atoms with Crippen LogP contribution in [0.5, 0.6) is 5.75 Å². The summed E-state index contributed by atoms with van der Waals surface area (Å²) in [5, 5.41) is 6.78. The number of ether oxygens (including phenoxy) is 2. The van der Waals surface area contributed by atoms with Gasteiger partial charge in [-0.15, -0.1) is 0 Å². The standard InChI is InChI=1S/C19H32N4O2/c1-5-20-19(22-13-17-7-6-8-18(11-17)24-4)21-12-15(2)23-9-10-25-14-16(23)3/h6-8,11,15-16H,5,9-10,12-14H2,1-4H3,(H2,20,21,22). The zero-order valence-corrected chi connectivity index (χ0v) is 15.9. The molecule has 0 saturated carbocycles. The van der Waals surface area contributed by atoms with Crippen LogP contribution in [0.15, 0.2) is 29.3 Å². The normalized spacial score (nSPS) is 20.2. The third-order valence-electron chi connectivity index (χ3n) is 4.45. The number of guanidine groups is 1. The maximum Gasteiger partial charge on any atom is 0.191 e. The average Bonchev–Trinajstić information content (AvgIpc) is 2.64. The molecule has 1 aliphatic heterocycles. The van der Waals surface area contributed by atoms with E-state index in [1.165, 1.54) is 0 Å². The second kappa shape index (κ2) is 10.3. The molecular weight excluding hydrogens is 316 g/mol. The van der Waals surface area contributed by atoms with Gasteiger partial charge in [0.1, 0.15) is 5.75 Å². The number of methoxy groups -OCH3 is 1.